The Morgan fingerprint density at radius 1 is 1.67 bits per heavy atom. The van der Waals surface area contributed by atoms with Gasteiger partial charge in [-0.15, -0.1) is 6.42 Å². The van der Waals surface area contributed by atoms with Gasteiger partial charge in [0.05, 0.1) is 0 Å². The summed E-state index contributed by atoms with van der Waals surface area (Å²) in [5, 5.41) is 0. The second-order valence-electron chi connectivity index (χ2n) is 2.66. The van der Waals surface area contributed by atoms with E-state index in [1.54, 1.807) is 0 Å². The van der Waals surface area contributed by atoms with Gasteiger partial charge >= 0.3 is 0 Å². The van der Waals surface area contributed by atoms with Crippen LogP contribution in [0.15, 0.2) is 47.6 Å². The zero-order valence-electron chi connectivity index (χ0n) is 7.30. The van der Waals surface area contributed by atoms with Crippen molar-refractivity contribution in [2.24, 2.45) is 0 Å². The van der Waals surface area contributed by atoms with E-state index in [1.807, 2.05) is 25.2 Å². The molecule has 0 aromatic rings. The number of allylic oxidation sites excluding steroid dienone is 7. The van der Waals surface area contributed by atoms with Crippen molar-refractivity contribution in [2.75, 3.05) is 0 Å². The summed E-state index contributed by atoms with van der Waals surface area (Å²) in [7, 11) is 0. The molecule has 0 saturated heterocycles. The molecule has 0 heterocycles. The van der Waals surface area contributed by atoms with Gasteiger partial charge < -0.3 is 0 Å². The van der Waals surface area contributed by atoms with E-state index < -0.39 is 0 Å². The Hall–Kier alpha value is -1.48. The van der Waals surface area contributed by atoms with Gasteiger partial charge in [-0.3, -0.25) is 0 Å². The highest BCUT2D eigenvalue weighted by Crippen LogP contribution is 2.28. The minimum absolute atomic E-state index is 0.919. The molecule has 1 rings (SSSR count). The van der Waals surface area contributed by atoms with Crippen molar-refractivity contribution >= 4 is 0 Å². The lowest BCUT2D eigenvalue weighted by Crippen LogP contribution is -1.80. The Kier molecular flexibility index (Phi) is 2.71. The van der Waals surface area contributed by atoms with Gasteiger partial charge in [-0.25, -0.2) is 0 Å². The van der Waals surface area contributed by atoms with E-state index >= 15 is 0 Å². The highest BCUT2D eigenvalue weighted by atomic mass is 14.1. The summed E-state index contributed by atoms with van der Waals surface area (Å²) < 4.78 is 0. The highest BCUT2D eigenvalue weighted by molar-refractivity contribution is 5.59. The maximum absolute atomic E-state index is 5.29. The van der Waals surface area contributed by atoms with Crippen LogP contribution in [0.1, 0.15) is 13.3 Å². The smallest absolute Gasteiger partial charge is 0.0275 e. The number of rotatable bonds is 1. The molecule has 0 bridgehead atoms. The molecule has 1 aliphatic carbocycles. The third kappa shape index (κ3) is 1.57. The Labute approximate surface area is 74.0 Å². The lowest BCUT2D eigenvalue weighted by Gasteiger charge is -1.97. The Bertz CT molecular complexity index is 316. The molecule has 0 fully saturated rings. The summed E-state index contributed by atoms with van der Waals surface area (Å²) >= 11 is 0. The molecule has 0 aromatic carbocycles. The third-order valence-electron chi connectivity index (χ3n) is 1.88. The van der Waals surface area contributed by atoms with Crippen molar-refractivity contribution in [3.05, 3.63) is 47.6 Å². The van der Waals surface area contributed by atoms with Gasteiger partial charge in [0.1, 0.15) is 0 Å². The predicted octanol–water partition coefficient (Wildman–Crippen LogP) is 3.01. The minimum Gasteiger partial charge on any atom is -0.115 e. The summed E-state index contributed by atoms with van der Waals surface area (Å²) in [6.45, 7) is 5.92. The van der Waals surface area contributed by atoms with Crippen LogP contribution in [0.25, 0.3) is 0 Å². The lowest BCUT2D eigenvalue weighted by molar-refractivity contribution is 1.32. The molecule has 0 nitrogen and oxygen atoms in total. The van der Waals surface area contributed by atoms with Crippen LogP contribution in [0.4, 0.5) is 0 Å². The molecule has 60 valence electrons. The van der Waals surface area contributed by atoms with Gasteiger partial charge in [0.25, 0.3) is 0 Å². The SMILES string of the molecule is C#CC1=CC/C(=C/C=C\C)C1=C. The number of hydrogen-bond acceptors (Lipinski definition) is 0. The summed E-state index contributed by atoms with van der Waals surface area (Å²) in [6, 6.07) is 0. The van der Waals surface area contributed by atoms with Crippen LogP contribution in [-0.2, 0) is 0 Å². The van der Waals surface area contributed by atoms with Crippen LogP contribution in [0.5, 0.6) is 0 Å². The van der Waals surface area contributed by atoms with Gasteiger partial charge in [0.15, 0.2) is 0 Å². The van der Waals surface area contributed by atoms with Crippen molar-refractivity contribution < 1.29 is 0 Å². The maximum Gasteiger partial charge on any atom is 0.0275 e. The third-order valence-corrected chi connectivity index (χ3v) is 1.88. The van der Waals surface area contributed by atoms with Crippen molar-refractivity contribution in [2.45, 2.75) is 13.3 Å². The van der Waals surface area contributed by atoms with Crippen LogP contribution >= 0.6 is 0 Å². The first-order valence-electron chi connectivity index (χ1n) is 3.98. The normalized spacial score (nSPS) is 20.2. The first-order valence-corrected chi connectivity index (χ1v) is 3.98. The molecule has 1 aliphatic rings. The van der Waals surface area contributed by atoms with E-state index in [9.17, 15) is 0 Å². The van der Waals surface area contributed by atoms with E-state index in [0.29, 0.717) is 0 Å². The summed E-state index contributed by atoms with van der Waals surface area (Å²) in [5.41, 5.74) is 3.16. The largest absolute Gasteiger partial charge is 0.115 e. The van der Waals surface area contributed by atoms with Gasteiger partial charge in [0.2, 0.25) is 0 Å². The van der Waals surface area contributed by atoms with Crippen LogP contribution in [0, 0.1) is 12.3 Å². The number of terminal acetylenes is 1. The van der Waals surface area contributed by atoms with E-state index in [1.165, 1.54) is 5.57 Å². The molecule has 0 heteroatoms. The van der Waals surface area contributed by atoms with Crippen molar-refractivity contribution in [1.29, 1.82) is 0 Å². The fraction of sp³-hybridized carbons (Fsp3) is 0.167. The Morgan fingerprint density at radius 3 is 2.92 bits per heavy atom. The topological polar surface area (TPSA) is 0 Å². The molecular formula is C12H12. The summed E-state index contributed by atoms with van der Waals surface area (Å²) in [4.78, 5) is 0. The zero-order chi connectivity index (χ0) is 8.97. The van der Waals surface area contributed by atoms with Crippen LogP contribution in [0.3, 0.4) is 0 Å². The molecular weight excluding hydrogens is 144 g/mol. The summed E-state index contributed by atoms with van der Waals surface area (Å²) in [6.07, 6.45) is 14.3. The van der Waals surface area contributed by atoms with Crippen molar-refractivity contribution in [1.82, 2.24) is 0 Å². The van der Waals surface area contributed by atoms with Crippen LogP contribution in [0.2, 0.25) is 0 Å². The van der Waals surface area contributed by atoms with Crippen LogP contribution < -0.4 is 0 Å². The van der Waals surface area contributed by atoms with Gasteiger partial charge in [-0.05, 0) is 24.5 Å². The first kappa shape index (κ1) is 8.62. The molecule has 12 heavy (non-hydrogen) atoms. The monoisotopic (exact) mass is 156 g/mol. The lowest BCUT2D eigenvalue weighted by atomic mass is 10.1. The zero-order valence-corrected chi connectivity index (χ0v) is 7.30. The molecule has 0 amide bonds. The highest BCUT2D eigenvalue weighted by Gasteiger charge is 2.11. The summed E-state index contributed by atoms with van der Waals surface area (Å²) in [5.74, 6) is 2.62. The van der Waals surface area contributed by atoms with Gasteiger partial charge in [-0.2, -0.15) is 0 Å². The fourth-order valence-electron chi connectivity index (χ4n) is 1.16. The molecule has 0 spiro atoms. The Balaban J connectivity index is 2.82. The van der Waals surface area contributed by atoms with E-state index in [0.717, 1.165) is 17.6 Å². The second-order valence-corrected chi connectivity index (χ2v) is 2.66. The predicted molar refractivity (Wildman–Crippen MR) is 53.6 cm³/mol. The maximum atomic E-state index is 5.29. The average Bonchev–Trinajstić information content (AvgIpc) is 2.43. The standard InChI is InChI=1S/C12H12/c1-4-6-7-12-9-8-11(5-2)10(12)3/h2,4,6-8H,3,9H2,1H3/b6-4-,12-7-. The van der Waals surface area contributed by atoms with Crippen molar-refractivity contribution in [3.63, 3.8) is 0 Å². The average molecular weight is 156 g/mol. The fourth-order valence-corrected chi connectivity index (χ4v) is 1.16. The van der Waals surface area contributed by atoms with Gasteiger partial charge in [0, 0.05) is 5.57 Å². The van der Waals surface area contributed by atoms with Crippen LogP contribution in [-0.4, -0.2) is 0 Å². The quantitative estimate of drug-likeness (QED) is 0.512. The van der Waals surface area contributed by atoms with E-state index in [-0.39, 0.29) is 0 Å². The molecule has 0 radical (unpaired) electrons. The van der Waals surface area contributed by atoms with E-state index in [2.05, 4.69) is 18.6 Å². The Morgan fingerprint density at radius 2 is 2.42 bits per heavy atom. The molecule has 0 aliphatic heterocycles. The molecule has 0 atom stereocenters. The number of hydrogen-bond donors (Lipinski definition) is 0. The second kappa shape index (κ2) is 3.78. The molecule has 0 N–H and O–H groups in total. The molecule has 0 saturated carbocycles. The first-order chi connectivity index (χ1) is 5.79. The molecule has 0 aromatic heterocycles. The van der Waals surface area contributed by atoms with E-state index in [4.69, 9.17) is 6.42 Å². The van der Waals surface area contributed by atoms with Gasteiger partial charge in [-0.1, -0.05) is 36.8 Å². The molecule has 0 unspecified atom stereocenters. The van der Waals surface area contributed by atoms with Crippen molar-refractivity contribution in [3.8, 4) is 12.3 Å². The minimum atomic E-state index is 0.919.